The fraction of sp³-hybridized carbons (Fsp3) is 0.348. The Morgan fingerprint density at radius 1 is 0.903 bits per heavy atom. The molecular weight excluding hydrogens is 398 g/mol. The zero-order chi connectivity index (χ0) is 22.2. The predicted octanol–water partition coefficient (Wildman–Crippen LogP) is 2.90. The van der Waals surface area contributed by atoms with Crippen LogP contribution < -0.4 is 10.1 Å². The molecular formula is C23H27N3O5. The first-order valence-electron chi connectivity index (χ1n) is 10.2. The molecule has 0 aromatic heterocycles. The minimum absolute atomic E-state index is 0.0437. The predicted molar refractivity (Wildman–Crippen MR) is 117 cm³/mol. The monoisotopic (exact) mass is 425 g/mol. The number of likely N-dealkylation sites (N-methyl/N-ethyl adjacent to an activating group) is 1. The normalized spacial score (nSPS) is 14.6. The van der Waals surface area contributed by atoms with Crippen LogP contribution in [0, 0.1) is 0 Å². The average Bonchev–Trinajstić information content (AvgIpc) is 2.76. The highest BCUT2D eigenvalue weighted by Crippen LogP contribution is 2.16. The number of benzene rings is 2. The Hall–Kier alpha value is -3.23. The average molecular weight is 425 g/mol. The van der Waals surface area contributed by atoms with E-state index >= 15 is 0 Å². The topological polar surface area (TPSA) is 88.2 Å². The standard InChI is InChI=1S/C23H27N3O5/c1-3-30-22(28)18-4-8-19(9-5-18)24-23(29)31-20-10-6-17(7-11-20)21(27)16-26-14-12-25(2)13-15-26/h4-11H,3,12-16H2,1-2H3,(H,24,29). The number of nitrogens with one attached hydrogen (secondary N) is 1. The Bertz CT molecular complexity index is 904. The molecule has 0 saturated carbocycles. The first kappa shape index (κ1) is 22.5. The van der Waals surface area contributed by atoms with Crippen LogP contribution >= 0.6 is 0 Å². The number of piperazine rings is 1. The van der Waals surface area contributed by atoms with Gasteiger partial charge in [-0.2, -0.15) is 0 Å². The van der Waals surface area contributed by atoms with E-state index < -0.39 is 12.1 Å². The molecule has 3 rings (SSSR count). The van der Waals surface area contributed by atoms with Gasteiger partial charge in [0.1, 0.15) is 5.75 Å². The van der Waals surface area contributed by atoms with Crippen LogP contribution in [0.4, 0.5) is 10.5 Å². The lowest BCUT2D eigenvalue weighted by Gasteiger charge is -2.31. The summed E-state index contributed by atoms with van der Waals surface area (Å²) in [6.45, 7) is 6.09. The number of rotatable bonds is 7. The Balaban J connectivity index is 1.49. The van der Waals surface area contributed by atoms with Gasteiger partial charge in [-0.15, -0.1) is 0 Å². The first-order chi connectivity index (χ1) is 14.9. The summed E-state index contributed by atoms with van der Waals surface area (Å²) in [6.07, 6.45) is -0.666. The van der Waals surface area contributed by atoms with Gasteiger partial charge in [0.2, 0.25) is 0 Å². The van der Waals surface area contributed by atoms with E-state index in [1.165, 1.54) is 0 Å². The van der Waals surface area contributed by atoms with Gasteiger partial charge >= 0.3 is 12.1 Å². The number of carbonyl (C=O) groups excluding carboxylic acids is 3. The third-order valence-electron chi connectivity index (χ3n) is 4.99. The van der Waals surface area contributed by atoms with E-state index in [4.69, 9.17) is 9.47 Å². The maximum Gasteiger partial charge on any atom is 0.417 e. The second kappa shape index (κ2) is 10.7. The number of Topliss-reactive ketones (excluding diaryl/α,β-unsaturated/α-hetero) is 1. The van der Waals surface area contributed by atoms with Gasteiger partial charge in [-0.05, 0) is 62.5 Å². The summed E-state index contributed by atoms with van der Waals surface area (Å²) in [4.78, 5) is 40.6. The summed E-state index contributed by atoms with van der Waals surface area (Å²) >= 11 is 0. The van der Waals surface area contributed by atoms with Gasteiger partial charge in [-0.25, -0.2) is 9.59 Å². The van der Waals surface area contributed by atoms with E-state index in [1.54, 1.807) is 55.5 Å². The summed E-state index contributed by atoms with van der Waals surface area (Å²) in [5.74, 6) is -0.0436. The van der Waals surface area contributed by atoms with Gasteiger partial charge in [0.05, 0.1) is 18.7 Å². The Labute approximate surface area is 181 Å². The quantitative estimate of drug-likeness (QED) is 0.539. The van der Waals surface area contributed by atoms with Crippen LogP contribution in [-0.4, -0.2) is 74.0 Å². The smallest absolute Gasteiger partial charge is 0.417 e. The largest absolute Gasteiger partial charge is 0.462 e. The summed E-state index contributed by atoms with van der Waals surface area (Å²) in [5, 5.41) is 2.59. The number of esters is 1. The molecule has 0 aliphatic carbocycles. The summed E-state index contributed by atoms with van der Waals surface area (Å²) in [6, 6.07) is 12.8. The van der Waals surface area contributed by atoms with Crippen molar-refractivity contribution in [2.45, 2.75) is 6.92 Å². The molecule has 0 unspecified atom stereocenters. The number of ether oxygens (including phenoxy) is 2. The van der Waals surface area contributed by atoms with E-state index in [2.05, 4.69) is 22.2 Å². The van der Waals surface area contributed by atoms with Gasteiger partial charge in [-0.3, -0.25) is 15.0 Å². The Morgan fingerprint density at radius 3 is 2.13 bits per heavy atom. The van der Waals surface area contributed by atoms with Crippen LogP contribution in [0.15, 0.2) is 48.5 Å². The third-order valence-corrected chi connectivity index (χ3v) is 4.99. The van der Waals surface area contributed by atoms with E-state index in [9.17, 15) is 14.4 Å². The number of anilines is 1. The molecule has 1 aliphatic heterocycles. The number of nitrogens with zero attached hydrogens (tertiary/aromatic N) is 2. The van der Waals surface area contributed by atoms with Crippen LogP contribution in [0.2, 0.25) is 0 Å². The molecule has 1 heterocycles. The van der Waals surface area contributed by atoms with Crippen molar-refractivity contribution in [3.05, 3.63) is 59.7 Å². The highest BCUT2D eigenvalue weighted by Gasteiger charge is 2.17. The Morgan fingerprint density at radius 2 is 1.52 bits per heavy atom. The molecule has 0 bridgehead atoms. The van der Waals surface area contributed by atoms with Gasteiger partial charge in [0.25, 0.3) is 0 Å². The van der Waals surface area contributed by atoms with Crippen molar-refractivity contribution in [3.8, 4) is 5.75 Å². The highest BCUT2D eigenvalue weighted by atomic mass is 16.6. The minimum atomic E-state index is -0.666. The van der Waals surface area contributed by atoms with E-state index in [0.717, 1.165) is 26.2 Å². The fourth-order valence-corrected chi connectivity index (χ4v) is 3.16. The van der Waals surface area contributed by atoms with Gasteiger partial charge < -0.3 is 14.4 Å². The van der Waals surface area contributed by atoms with Crippen molar-refractivity contribution in [3.63, 3.8) is 0 Å². The highest BCUT2D eigenvalue weighted by molar-refractivity contribution is 5.97. The van der Waals surface area contributed by atoms with Crippen molar-refractivity contribution >= 4 is 23.5 Å². The van der Waals surface area contributed by atoms with Crippen molar-refractivity contribution in [1.82, 2.24) is 9.80 Å². The molecule has 0 atom stereocenters. The lowest BCUT2D eigenvalue weighted by atomic mass is 10.1. The van der Waals surface area contributed by atoms with Crippen LogP contribution in [0.3, 0.4) is 0 Å². The van der Waals surface area contributed by atoms with Crippen molar-refractivity contribution in [2.75, 3.05) is 51.7 Å². The molecule has 1 amide bonds. The summed E-state index contributed by atoms with van der Waals surface area (Å²) < 4.78 is 10.2. The molecule has 8 heteroatoms. The Kier molecular flexibility index (Phi) is 7.75. The number of carbonyl (C=O) groups is 3. The first-order valence-corrected chi connectivity index (χ1v) is 10.2. The maximum absolute atomic E-state index is 12.5. The van der Waals surface area contributed by atoms with Crippen LogP contribution in [0.25, 0.3) is 0 Å². The molecule has 31 heavy (non-hydrogen) atoms. The molecule has 0 spiro atoms. The van der Waals surface area contributed by atoms with Gasteiger partial charge in [0.15, 0.2) is 5.78 Å². The SMILES string of the molecule is CCOC(=O)c1ccc(NC(=O)Oc2ccc(C(=O)CN3CCN(C)CC3)cc2)cc1. The molecule has 8 nitrogen and oxygen atoms in total. The number of ketones is 1. The lowest BCUT2D eigenvalue weighted by Crippen LogP contribution is -2.46. The van der Waals surface area contributed by atoms with Crippen LogP contribution in [0.1, 0.15) is 27.6 Å². The third kappa shape index (κ3) is 6.63. The number of hydrogen-bond acceptors (Lipinski definition) is 7. The second-order valence-electron chi connectivity index (χ2n) is 7.34. The zero-order valence-corrected chi connectivity index (χ0v) is 17.8. The number of hydrogen-bond donors (Lipinski definition) is 1. The summed E-state index contributed by atoms with van der Waals surface area (Å²) in [5.41, 5.74) is 1.47. The van der Waals surface area contributed by atoms with E-state index in [1.807, 2.05) is 0 Å². The number of amides is 1. The molecule has 1 aliphatic rings. The van der Waals surface area contributed by atoms with Gasteiger partial charge in [0, 0.05) is 37.4 Å². The lowest BCUT2D eigenvalue weighted by molar-refractivity contribution is 0.0526. The molecule has 164 valence electrons. The maximum atomic E-state index is 12.5. The minimum Gasteiger partial charge on any atom is -0.462 e. The van der Waals surface area contributed by atoms with Crippen molar-refractivity contribution < 1.29 is 23.9 Å². The summed E-state index contributed by atoms with van der Waals surface area (Å²) in [7, 11) is 2.08. The molecule has 2 aromatic rings. The van der Waals surface area contributed by atoms with E-state index in [-0.39, 0.29) is 5.78 Å². The van der Waals surface area contributed by atoms with E-state index in [0.29, 0.717) is 35.7 Å². The molecule has 1 fully saturated rings. The fourth-order valence-electron chi connectivity index (χ4n) is 3.16. The van der Waals surface area contributed by atoms with Crippen molar-refractivity contribution in [1.29, 1.82) is 0 Å². The molecule has 1 N–H and O–H groups in total. The van der Waals surface area contributed by atoms with Gasteiger partial charge in [-0.1, -0.05) is 0 Å². The molecule has 1 saturated heterocycles. The van der Waals surface area contributed by atoms with Crippen LogP contribution in [-0.2, 0) is 4.74 Å². The molecule has 0 radical (unpaired) electrons. The molecule has 2 aromatic carbocycles. The second-order valence-corrected chi connectivity index (χ2v) is 7.34. The zero-order valence-electron chi connectivity index (χ0n) is 17.8. The van der Waals surface area contributed by atoms with Crippen molar-refractivity contribution in [2.24, 2.45) is 0 Å². The van der Waals surface area contributed by atoms with Crippen LogP contribution in [0.5, 0.6) is 5.75 Å².